The van der Waals surface area contributed by atoms with Crippen molar-refractivity contribution in [2.24, 2.45) is 0 Å². The second-order valence-electron chi connectivity index (χ2n) is 4.54. The highest BCUT2D eigenvalue weighted by atomic mass is 32.1. The molecule has 2 rings (SSSR count). The minimum atomic E-state index is -0.789. The van der Waals surface area contributed by atoms with Crippen molar-refractivity contribution in [1.29, 1.82) is 0 Å². The SMILES string of the molecule is O=C(O)CCCCC(=O)N1CCc2sccc2C1. The summed E-state index contributed by atoms with van der Waals surface area (Å²) < 4.78 is 0. The summed E-state index contributed by atoms with van der Waals surface area (Å²) in [7, 11) is 0. The Labute approximate surface area is 110 Å². The Morgan fingerprint density at radius 2 is 2.11 bits per heavy atom. The molecule has 0 aliphatic carbocycles. The largest absolute Gasteiger partial charge is 0.481 e. The zero-order chi connectivity index (χ0) is 13.0. The maximum Gasteiger partial charge on any atom is 0.303 e. The van der Waals surface area contributed by atoms with E-state index < -0.39 is 5.97 Å². The van der Waals surface area contributed by atoms with E-state index in [1.54, 1.807) is 11.3 Å². The first kappa shape index (κ1) is 13.1. The molecule has 1 aromatic rings. The quantitative estimate of drug-likeness (QED) is 0.833. The Hall–Kier alpha value is -1.36. The lowest BCUT2D eigenvalue weighted by molar-refractivity contribution is -0.137. The van der Waals surface area contributed by atoms with Gasteiger partial charge in [-0.3, -0.25) is 9.59 Å². The molecule has 1 N–H and O–H groups in total. The number of rotatable bonds is 5. The Balaban J connectivity index is 1.75. The minimum Gasteiger partial charge on any atom is -0.481 e. The highest BCUT2D eigenvalue weighted by Crippen LogP contribution is 2.24. The molecule has 1 aromatic heterocycles. The molecule has 0 atom stereocenters. The third-order valence-electron chi connectivity index (χ3n) is 3.19. The summed E-state index contributed by atoms with van der Waals surface area (Å²) in [5, 5.41) is 10.6. The van der Waals surface area contributed by atoms with E-state index in [9.17, 15) is 9.59 Å². The van der Waals surface area contributed by atoms with Crippen molar-refractivity contribution < 1.29 is 14.7 Å². The van der Waals surface area contributed by atoms with Gasteiger partial charge in [-0.15, -0.1) is 11.3 Å². The molecule has 98 valence electrons. The molecular formula is C13H17NO3S. The van der Waals surface area contributed by atoms with Crippen LogP contribution in [0.25, 0.3) is 0 Å². The molecule has 0 fully saturated rings. The molecule has 0 saturated carbocycles. The number of unbranched alkanes of at least 4 members (excludes halogenated alkanes) is 1. The van der Waals surface area contributed by atoms with Crippen LogP contribution in [0.3, 0.4) is 0 Å². The van der Waals surface area contributed by atoms with Gasteiger partial charge in [-0.05, 0) is 36.3 Å². The number of fused-ring (bicyclic) bond motifs is 1. The second-order valence-corrected chi connectivity index (χ2v) is 5.54. The fraction of sp³-hybridized carbons (Fsp3) is 0.538. The van der Waals surface area contributed by atoms with Gasteiger partial charge >= 0.3 is 5.97 Å². The first-order valence-electron chi connectivity index (χ1n) is 6.21. The first-order valence-corrected chi connectivity index (χ1v) is 7.09. The third kappa shape index (κ3) is 3.32. The van der Waals surface area contributed by atoms with Crippen molar-refractivity contribution in [2.75, 3.05) is 6.54 Å². The number of carboxylic acid groups (broad SMARTS) is 1. The molecular weight excluding hydrogens is 250 g/mol. The van der Waals surface area contributed by atoms with Crippen LogP contribution in [0.2, 0.25) is 0 Å². The van der Waals surface area contributed by atoms with Gasteiger partial charge in [-0.25, -0.2) is 0 Å². The van der Waals surface area contributed by atoms with Crippen LogP contribution in [0.5, 0.6) is 0 Å². The molecule has 4 nitrogen and oxygen atoms in total. The summed E-state index contributed by atoms with van der Waals surface area (Å²) in [4.78, 5) is 25.6. The smallest absolute Gasteiger partial charge is 0.303 e. The number of hydrogen-bond acceptors (Lipinski definition) is 3. The maximum absolute atomic E-state index is 12.0. The Kier molecular flexibility index (Phi) is 4.36. The molecule has 0 bridgehead atoms. The van der Waals surface area contributed by atoms with Gasteiger partial charge in [0.1, 0.15) is 0 Å². The van der Waals surface area contributed by atoms with Gasteiger partial charge in [-0.1, -0.05) is 0 Å². The molecule has 0 spiro atoms. The molecule has 0 radical (unpaired) electrons. The lowest BCUT2D eigenvalue weighted by atomic mass is 10.1. The summed E-state index contributed by atoms with van der Waals surface area (Å²) in [5.74, 6) is -0.638. The van der Waals surface area contributed by atoms with Crippen LogP contribution < -0.4 is 0 Å². The number of hydrogen-bond donors (Lipinski definition) is 1. The number of carboxylic acids is 1. The average molecular weight is 267 g/mol. The van der Waals surface area contributed by atoms with Gasteiger partial charge in [0.2, 0.25) is 5.91 Å². The van der Waals surface area contributed by atoms with E-state index in [4.69, 9.17) is 5.11 Å². The molecule has 0 unspecified atom stereocenters. The van der Waals surface area contributed by atoms with Gasteiger partial charge in [0, 0.05) is 30.8 Å². The van der Waals surface area contributed by atoms with Gasteiger partial charge in [0.25, 0.3) is 0 Å². The van der Waals surface area contributed by atoms with Crippen LogP contribution >= 0.6 is 11.3 Å². The van der Waals surface area contributed by atoms with E-state index in [0.717, 1.165) is 19.5 Å². The van der Waals surface area contributed by atoms with E-state index in [1.165, 1.54) is 10.4 Å². The van der Waals surface area contributed by atoms with Crippen molar-refractivity contribution in [3.8, 4) is 0 Å². The predicted molar refractivity (Wildman–Crippen MR) is 69.5 cm³/mol. The number of nitrogens with zero attached hydrogens (tertiary/aromatic N) is 1. The van der Waals surface area contributed by atoms with E-state index in [1.807, 2.05) is 4.90 Å². The van der Waals surface area contributed by atoms with Gasteiger partial charge in [0.15, 0.2) is 0 Å². The predicted octanol–water partition coefficient (Wildman–Crippen LogP) is 2.28. The molecule has 2 heterocycles. The summed E-state index contributed by atoms with van der Waals surface area (Å²) in [6.07, 6.45) is 2.82. The number of amides is 1. The van der Waals surface area contributed by atoms with Crippen molar-refractivity contribution in [1.82, 2.24) is 4.90 Å². The highest BCUT2D eigenvalue weighted by molar-refractivity contribution is 7.10. The number of carbonyl (C=O) groups is 2. The lowest BCUT2D eigenvalue weighted by Crippen LogP contribution is -2.35. The molecule has 18 heavy (non-hydrogen) atoms. The van der Waals surface area contributed by atoms with Crippen LogP contribution in [-0.4, -0.2) is 28.4 Å². The van der Waals surface area contributed by atoms with Gasteiger partial charge in [0.05, 0.1) is 0 Å². The normalized spacial score (nSPS) is 14.3. The Morgan fingerprint density at radius 1 is 1.33 bits per heavy atom. The number of aliphatic carboxylic acids is 1. The second kappa shape index (κ2) is 6.00. The van der Waals surface area contributed by atoms with Crippen LogP contribution in [-0.2, 0) is 22.6 Å². The van der Waals surface area contributed by atoms with Crippen molar-refractivity contribution in [2.45, 2.75) is 38.6 Å². The number of carbonyl (C=O) groups excluding carboxylic acids is 1. The summed E-state index contributed by atoms with van der Waals surface area (Å²) in [6, 6.07) is 2.09. The van der Waals surface area contributed by atoms with Gasteiger partial charge in [-0.2, -0.15) is 0 Å². The molecule has 1 aliphatic heterocycles. The van der Waals surface area contributed by atoms with Gasteiger partial charge < -0.3 is 10.0 Å². The fourth-order valence-electron chi connectivity index (χ4n) is 2.17. The van der Waals surface area contributed by atoms with E-state index >= 15 is 0 Å². The monoisotopic (exact) mass is 267 g/mol. The molecule has 5 heteroatoms. The first-order chi connectivity index (χ1) is 8.66. The van der Waals surface area contributed by atoms with Crippen LogP contribution in [0.1, 0.15) is 36.1 Å². The van der Waals surface area contributed by atoms with E-state index in [2.05, 4.69) is 11.4 Å². The third-order valence-corrected chi connectivity index (χ3v) is 4.21. The molecule has 0 aromatic carbocycles. The molecule has 1 aliphatic rings. The molecule has 0 saturated heterocycles. The van der Waals surface area contributed by atoms with Crippen molar-refractivity contribution >= 4 is 23.2 Å². The average Bonchev–Trinajstić information content (AvgIpc) is 2.81. The van der Waals surface area contributed by atoms with Crippen molar-refractivity contribution in [3.63, 3.8) is 0 Å². The number of thiophene rings is 1. The lowest BCUT2D eigenvalue weighted by Gasteiger charge is -2.27. The Bertz CT molecular complexity index is 441. The zero-order valence-electron chi connectivity index (χ0n) is 10.2. The zero-order valence-corrected chi connectivity index (χ0v) is 11.0. The maximum atomic E-state index is 12.0. The standard InChI is InChI=1S/C13H17NO3S/c15-12(3-1-2-4-13(16)17)14-7-5-11-10(9-14)6-8-18-11/h6,8H,1-5,7,9H2,(H,16,17). The fourth-order valence-corrected chi connectivity index (χ4v) is 3.06. The van der Waals surface area contributed by atoms with Crippen LogP contribution in [0.15, 0.2) is 11.4 Å². The highest BCUT2D eigenvalue weighted by Gasteiger charge is 2.20. The van der Waals surface area contributed by atoms with Crippen molar-refractivity contribution in [3.05, 3.63) is 21.9 Å². The van der Waals surface area contributed by atoms with E-state index in [-0.39, 0.29) is 12.3 Å². The topological polar surface area (TPSA) is 57.6 Å². The summed E-state index contributed by atoms with van der Waals surface area (Å²) in [6.45, 7) is 1.52. The Morgan fingerprint density at radius 3 is 2.89 bits per heavy atom. The molecule has 1 amide bonds. The summed E-state index contributed by atoms with van der Waals surface area (Å²) >= 11 is 1.76. The van der Waals surface area contributed by atoms with E-state index in [0.29, 0.717) is 19.3 Å². The summed E-state index contributed by atoms with van der Waals surface area (Å²) in [5.41, 5.74) is 1.27. The van der Waals surface area contributed by atoms with Crippen LogP contribution in [0.4, 0.5) is 0 Å². The minimum absolute atomic E-state index is 0.150. The van der Waals surface area contributed by atoms with Crippen LogP contribution in [0, 0.1) is 0 Å².